The number of hydrogen-bond acceptors (Lipinski definition) is 3. The molecule has 21 heavy (non-hydrogen) atoms. The molecule has 0 saturated carbocycles. The summed E-state index contributed by atoms with van der Waals surface area (Å²) in [5.74, 6) is 0.0897. The molecular weight excluding hydrogens is 266 g/mol. The van der Waals surface area contributed by atoms with Gasteiger partial charge in [0.1, 0.15) is 11.5 Å². The molecule has 1 amide bonds. The lowest BCUT2D eigenvalue weighted by atomic mass is 9.94. The molecule has 0 aliphatic carbocycles. The number of hydrogen-bond donors (Lipinski definition) is 2. The summed E-state index contributed by atoms with van der Waals surface area (Å²) in [5.41, 5.74) is 4.02. The van der Waals surface area contributed by atoms with Crippen molar-refractivity contribution in [1.82, 2.24) is 15.3 Å². The SMILES string of the molecule is CNC(=O)c1[nH]c2ccc(C)nc2c1[C@@H](C)CCC(C)=O. The maximum Gasteiger partial charge on any atom is 0.267 e. The van der Waals surface area contributed by atoms with Gasteiger partial charge in [0, 0.05) is 24.7 Å². The summed E-state index contributed by atoms with van der Waals surface area (Å²) in [6, 6.07) is 3.85. The van der Waals surface area contributed by atoms with E-state index in [-0.39, 0.29) is 17.6 Å². The lowest BCUT2D eigenvalue weighted by Gasteiger charge is -2.12. The number of fused-ring (bicyclic) bond motifs is 1. The third-order valence-electron chi connectivity index (χ3n) is 3.69. The molecule has 2 N–H and O–H groups in total. The Kier molecular flexibility index (Phi) is 4.40. The van der Waals surface area contributed by atoms with Crippen molar-refractivity contribution in [3.63, 3.8) is 0 Å². The van der Waals surface area contributed by atoms with Crippen LogP contribution in [0.15, 0.2) is 12.1 Å². The largest absolute Gasteiger partial charge is 0.354 e. The van der Waals surface area contributed by atoms with Crippen molar-refractivity contribution >= 4 is 22.7 Å². The standard InChI is InChI=1S/C16H21N3O2/c1-9(5-7-11(3)20)13-14-12(8-6-10(2)18-14)19-15(13)16(21)17-4/h6,8-9,19H,5,7H2,1-4H3,(H,17,21)/t9-/m0/s1. The van der Waals surface area contributed by atoms with Gasteiger partial charge in [0.15, 0.2) is 0 Å². The second-order valence-electron chi connectivity index (χ2n) is 5.48. The van der Waals surface area contributed by atoms with Crippen LogP contribution < -0.4 is 5.32 Å². The van der Waals surface area contributed by atoms with Gasteiger partial charge in [0.2, 0.25) is 0 Å². The lowest BCUT2D eigenvalue weighted by molar-refractivity contribution is -0.117. The van der Waals surface area contributed by atoms with Crippen LogP contribution in [0.3, 0.4) is 0 Å². The van der Waals surface area contributed by atoms with E-state index in [2.05, 4.69) is 15.3 Å². The Hall–Kier alpha value is -2.17. The van der Waals surface area contributed by atoms with Crippen LogP contribution in [0.25, 0.3) is 11.0 Å². The van der Waals surface area contributed by atoms with Gasteiger partial charge in [0.25, 0.3) is 5.91 Å². The van der Waals surface area contributed by atoms with Crippen LogP contribution in [0.2, 0.25) is 0 Å². The van der Waals surface area contributed by atoms with E-state index in [4.69, 9.17) is 0 Å². The highest BCUT2D eigenvalue weighted by Gasteiger charge is 2.22. The molecule has 0 bridgehead atoms. The third kappa shape index (κ3) is 3.12. The van der Waals surface area contributed by atoms with Gasteiger partial charge in [-0.05, 0) is 38.3 Å². The number of aromatic nitrogens is 2. The number of nitrogens with zero attached hydrogens (tertiary/aromatic N) is 1. The van der Waals surface area contributed by atoms with Crippen LogP contribution in [0.4, 0.5) is 0 Å². The number of carbonyl (C=O) groups is 2. The number of carbonyl (C=O) groups excluding carboxylic acids is 2. The van der Waals surface area contributed by atoms with Gasteiger partial charge in [-0.25, -0.2) is 0 Å². The first-order valence-electron chi connectivity index (χ1n) is 7.14. The normalized spacial score (nSPS) is 12.4. The van der Waals surface area contributed by atoms with Gasteiger partial charge in [-0.3, -0.25) is 9.78 Å². The van der Waals surface area contributed by atoms with Gasteiger partial charge in [0.05, 0.1) is 11.0 Å². The molecule has 0 fully saturated rings. The summed E-state index contributed by atoms with van der Waals surface area (Å²) in [6.45, 7) is 5.54. The Morgan fingerprint density at radius 1 is 1.38 bits per heavy atom. The minimum Gasteiger partial charge on any atom is -0.354 e. The highest BCUT2D eigenvalue weighted by molar-refractivity contribution is 6.00. The summed E-state index contributed by atoms with van der Waals surface area (Å²) in [4.78, 5) is 31.0. The summed E-state index contributed by atoms with van der Waals surface area (Å²) < 4.78 is 0. The molecule has 0 aliphatic heterocycles. The van der Waals surface area contributed by atoms with Crippen molar-refractivity contribution in [3.8, 4) is 0 Å². The zero-order chi connectivity index (χ0) is 15.6. The fourth-order valence-electron chi connectivity index (χ4n) is 2.53. The van der Waals surface area contributed by atoms with E-state index in [1.54, 1.807) is 14.0 Å². The van der Waals surface area contributed by atoms with E-state index >= 15 is 0 Å². The summed E-state index contributed by atoms with van der Waals surface area (Å²) in [5, 5.41) is 2.65. The fourth-order valence-corrected chi connectivity index (χ4v) is 2.53. The first kappa shape index (κ1) is 15.2. The van der Waals surface area contributed by atoms with Gasteiger partial charge in [-0.15, -0.1) is 0 Å². The second kappa shape index (κ2) is 6.08. The maximum atomic E-state index is 12.1. The predicted molar refractivity (Wildman–Crippen MR) is 82.6 cm³/mol. The molecule has 0 aromatic carbocycles. The Labute approximate surface area is 124 Å². The Balaban J connectivity index is 2.53. The van der Waals surface area contributed by atoms with Crippen LogP contribution in [0.1, 0.15) is 54.4 Å². The molecule has 5 nitrogen and oxygen atoms in total. The van der Waals surface area contributed by atoms with Crippen molar-refractivity contribution in [1.29, 1.82) is 0 Å². The summed E-state index contributed by atoms with van der Waals surface area (Å²) in [7, 11) is 1.61. The van der Waals surface area contributed by atoms with E-state index in [9.17, 15) is 9.59 Å². The summed E-state index contributed by atoms with van der Waals surface area (Å²) in [6.07, 6.45) is 1.22. The Morgan fingerprint density at radius 2 is 2.10 bits per heavy atom. The summed E-state index contributed by atoms with van der Waals surface area (Å²) >= 11 is 0. The molecule has 0 unspecified atom stereocenters. The quantitative estimate of drug-likeness (QED) is 0.887. The smallest absolute Gasteiger partial charge is 0.267 e. The molecule has 1 atom stereocenters. The van der Waals surface area contributed by atoms with Crippen molar-refractivity contribution < 1.29 is 9.59 Å². The number of aryl methyl sites for hydroxylation is 1. The molecule has 2 heterocycles. The monoisotopic (exact) mass is 287 g/mol. The van der Waals surface area contributed by atoms with Gasteiger partial charge in [-0.1, -0.05) is 6.92 Å². The highest BCUT2D eigenvalue weighted by Crippen LogP contribution is 2.31. The Bertz CT molecular complexity index is 688. The van der Waals surface area contributed by atoms with Crippen LogP contribution >= 0.6 is 0 Å². The van der Waals surface area contributed by atoms with E-state index < -0.39 is 0 Å². The number of pyridine rings is 1. The molecular formula is C16H21N3O2. The fraction of sp³-hybridized carbons (Fsp3) is 0.438. The molecule has 0 spiro atoms. The number of H-pyrrole nitrogens is 1. The van der Waals surface area contributed by atoms with Gasteiger partial charge in [-0.2, -0.15) is 0 Å². The van der Waals surface area contributed by atoms with E-state index in [0.29, 0.717) is 18.5 Å². The van der Waals surface area contributed by atoms with Crippen LogP contribution in [-0.2, 0) is 4.79 Å². The van der Waals surface area contributed by atoms with Crippen molar-refractivity contribution in [2.45, 2.75) is 39.5 Å². The number of nitrogens with one attached hydrogen (secondary N) is 2. The van der Waals surface area contributed by atoms with Crippen LogP contribution in [0.5, 0.6) is 0 Å². The maximum absolute atomic E-state index is 12.1. The van der Waals surface area contributed by atoms with E-state index in [1.807, 2.05) is 26.0 Å². The van der Waals surface area contributed by atoms with Gasteiger partial charge < -0.3 is 15.1 Å². The number of Topliss-reactive ketones (excluding diaryl/α,β-unsaturated/α-hetero) is 1. The number of aromatic amines is 1. The molecule has 2 aromatic rings. The number of amides is 1. The van der Waals surface area contributed by atoms with E-state index in [0.717, 1.165) is 22.3 Å². The van der Waals surface area contributed by atoms with Crippen molar-refractivity contribution in [2.24, 2.45) is 0 Å². The van der Waals surface area contributed by atoms with Crippen molar-refractivity contribution in [3.05, 3.63) is 29.1 Å². The highest BCUT2D eigenvalue weighted by atomic mass is 16.1. The molecule has 5 heteroatoms. The molecule has 0 aliphatic rings. The second-order valence-corrected chi connectivity index (χ2v) is 5.48. The zero-order valence-electron chi connectivity index (χ0n) is 12.9. The number of ketones is 1. The molecule has 2 aromatic heterocycles. The first-order chi connectivity index (χ1) is 9.93. The topological polar surface area (TPSA) is 74.8 Å². The molecule has 0 radical (unpaired) electrons. The van der Waals surface area contributed by atoms with Crippen molar-refractivity contribution in [2.75, 3.05) is 7.05 Å². The van der Waals surface area contributed by atoms with E-state index in [1.165, 1.54) is 0 Å². The minimum atomic E-state index is -0.157. The lowest BCUT2D eigenvalue weighted by Crippen LogP contribution is -2.20. The first-order valence-corrected chi connectivity index (χ1v) is 7.14. The van der Waals surface area contributed by atoms with Crippen LogP contribution in [0, 0.1) is 6.92 Å². The van der Waals surface area contributed by atoms with Gasteiger partial charge >= 0.3 is 0 Å². The third-order valence-corrected chi connectivity index (χ3v) is 3.69. The zero-order valence-corrected chi connectivity index (χ0v) is 12.9. The minimum absolute atomic E-state index is 0.0873. The molecule has 2 rings (SSSR count). The predicted octanol–water partition coefficient (Wildman–Crippen LogP) is 2.70. The molecule has 0 saturated heterocycles. The van der Waals surface area contributed by atoms with Crippen LogP contribution in [-0.4, -0.2) is 28.7 Å². The molecule has 112 valence electrons. The number of rotatable bonds is 5. The average molecular weight is 287 g/mol. The average Bonchev–Trinajstić information content (AvgIpc) is 2.82. The Morgan fingerprint density at radius 3 is 2.71 bits per heavy atom.